The highest BCUT2D eigenvalue weighted by molar-refractivity contribution is 7.92. The van der Waals surface area contributed by atoms with Gasteiger partial charge in [-0.1, -0.05) is 35.9 Å². The molecule has 0 unspecified atom stereocenters. The van der Waals surface area contributed by atoms with Crippen LogP contribution in [0.25, 0.3) is 27.7 Å². The Hall–Kier alpha value is -4.41. The van der Waals surface area contributed by atoms with Gasteiger partial charge in [-0.15, -0.1) is 0 Å². The summed E-state index contributed by atoms with van der Waals surface area (Å²) < 4.78 is 35.5. The minimum Gasteiger partial charge on any atom is -0.480 e. The summed E-state index contributed by atoms with van der Waals surface area (Å²) in [5.41, 5.74) is 8.08. The molecule has 3 N–H and O–H groups in total. The highest BCUT2D eigenvalue weighted by Crippen LogP contribution is 2.30. The second-order valence-electron chi connectivity index (χ2n) is 8.02. The van der Waals surface area contributed by atoms with Crippen molar-refractivity contribution in [3.63, 3.8) is 0 Å². The van der Waals surface area contributed by atoms with E-state index in [1.807, 2.05) is 6.07 Å². The van der Waals surface area contributed by atoms with E-state index >= 15 is 0 Å². The van der Waals surface area contributed by atoms with Gasteiger partial charge < -0.3 is 10.5 Å². The molecule has 0 aliphatic carbocycles. The van der Waals surface area contributed by atoms with Crippen molar-refractivity contribution in [2.24, 2.45) is 0 Å². The van der Waals surface area contributed by atoms with E-state index in [1.165, 1.54) is 23.9 Å². The van der Waals surface area contributed by atoms with Gasteiger partial charge in [0.05, 0.1) is 23.7 Å². The van der Waals surface area contributed by atoms with Crippen LogP contribution >= 0.6 is 11.6 Å². The fourth-order valence-corrected chi connectivity index (χ4v) is 5.20. The van der Waals surface area contributed by atoms with E-state index < -0.39 is 10.0 Å². The fraction of sp³-hybridized carbons (Fsp3) is 0.0385. The van der Waals surface area contributed by atoms with Crippen LogP contribution in [-0.4, -0.2) is 30.1 Å². The predicted octanol–water partition coefficient (Wildman–Crippen LogP) is 4.49. The number of fused-ring (bicyclic) bond motifs is 1. The number of rotatable bonds is 6. The zero-order chi connectivity index (χ0) is 26.2. The van der Waals surface area contributed by atoms with Gasteiger partial charge in [-0.3, -0.25) is 9.52 Å². The monoisotopic (exact) mass is 533 g/mol. The van der Waals surface area contributed by atoms with Crippen LogP contribution in [0, 0.1) is 0 Å². The second kappa shape index (κ2) is 9.57. The number of methoxy groups -OCH3 is 1. The summed E-state index contributed by atoms with van der Waals surface area (Å²) in [7, 11) is -2.74. The van der Waals surface area contributed by atoms with E-state index in [0.717, 1.165) is 0 Å². The first-order valence-electron chi connectivity index (χ1n) is 11.0. The lowest BCUT2D eigenvalue weighted by atomic mass is 10.1. The molecule has 0 radical (unpaired) electrons. The summed E-state index contributed by atoms with van der Waals surface area (Å²) >= 11 is 5.90. The molecule has 0 saturated heterocycles. The number of sulfonamides is 1. The predicted molar refractivity (Wildman–Crippen MR) is 144 cm³/mol. The summed E-state index contributed by atoms with van der Waals surface area (Å²) in [6, 6.07) is 21.6. The van der Waals surface area contributed by atoms with Gasteiger partial charge in [0.15, 0.2) is 0 Å². The molecule has 0 aliphatic heterocycles. The van der Waals surface area contributed by atoms with Gasteiger partial charge in [0.2, 0.25) is 11.8 Å². The molecule has 0 bridgehead atoms. The lowest BCUT2D eigenvalue weighted by molar-refractivity contribution is 0.385. The van der Waals surface area contributed by atoms with Crippen molar-refractivity contribution in [2.45, 2.75) is 4.90 Å². The molecular weight excluding hydrogens is 514 g/mol. The Labute approximate surface area is 217 Å². The van der Waals surface area contributed by atoms with Crippen molar-refractivity contribution in [3.8, 4) is 22.7 Å². The van der Waals surface area contributed by atoms with E-state index in [9.17, 15) is 13.2 Å². The highest BCUT2D eigenvalue weighted by atomic mass is 35.5. The largest absolute Gasteiger partial charge is 0.480 e. The van der Waals surface area contributed by atoms with Gasteiger partial charge in [-0.25, -0.2) is 23.0 Å². The van der Waals surface area contributed by atoms with E-state index in [4.69, 9.17) is 22.1 Å². The molecular formula is C26H20ClN5O4S. The van der Waals surface area contributed by atoms with Crippen LogP contribution in [0.5, 0.6) is 5.88 Å². The van der Waals surface area contributed by atoms with E-state index in [0.29, 0.717) is 38.4 Å². The van der Waals surface area contributed by atoms with Crippen LogP contribution in [-0.2, 0) is 10.0 Å². The van der Waals surface area contributed by atoms with Gasteiger partial charge in [0.1, 0.15) is 4.90 Å². The zero-order valence-corrected chi connectivity index (χ0v) is 21.0. The molecule has 11 heteroatoms. The molecule has 9 nitrogen and oxygen atoms in total. The standard InChI is InChI=1S/C26H20ClN5O4S/c1-36-24-23(37(34,35)31-19-10-8-18(27)9-11-19)14-17(15-29-24)16-7-12-22-21(13-16)25(33)32(26(28)30-22)20-5-3-2-4-6-20/h2-15,31H,1H3,(H2,28,30). The first-order chi connectivity index (χ1) is 17.8. The maximum Gasteiger partial charge on any atom is 0.267 e. The van der Waals surface area contributed by atoms with Gasteiger partial charge in [0.25, 0.3) is 15.6 Å². The molecule has 0 spiro atoms. The van der Waals surface area contributed by atoms with Crippen LogP contribution in [0.3, 0.4) is 0 Å². The summed E-state index contributed by atoms with van der Waals surface area (Å²) in [5.74, 6) is -0.0175. The Kier molecular flexibility index (Phi) is 6.28. The quantitative estimate of drug-likeness (QED) is 0.329. The fourth-order valence-electron chi connectivity index (χ4n) is 3.87. The third kappa shape index (κ3) is 4.72. The molecule has 3 aromatic carbocycles. The van der Waals surface area contributed by atoms with Crippen LogP contribution in [0.4, 0.5) is 11.6 Å². The van der Waals surface area contributed by atoms with Gasteiger partial charge in [-0.05, 0) is 60.2 Å². The Morgan fingerprint density at radius 2 is 1.70 bits per heavy atom. The zero-order valence-electron chi connectivity index (χ0n) is 19.4. The third-order valence-electron chi connectivity index (χ3n) is 5.64. The third-order valence-corrected chi connectivity index (χ3v) is 7.27. The van der Waals surface area contributed by atoms with Crippen molar-refractivity contribution in [1.82, 2.24) is 14.5 Å². The summed E-state index contributed by atoms with van der Waals surface area (Å²) in [6.45, 7) is 0. The number of nitrogens with one attached hydrogen (secondary N) is 1. The van der Waals surface area contributed by atoms with Crippen LogP contribution < -0.4 is 20.8 Å². The number of nitrogen functional groups attached to an aromatic ring is 1. The average Bonchev–Trinajstić information content (AvgIpc) is 2.90. The Bertz CT molecular complexity index is 1790. The van der Waals surface area contributed by atoms with Crippen molar-refractivity contribution in [2.75, 3.05) is 17.6 Å². The topological polar surface area (TPSA) is 129 Å². The van der Waals surface area contributed by atoms with Crippen LogP contribution in [0.15, 0.2) is 94.7 Å². The van der Waals surface area contributed by atoms with Crippen molar-refractivity contribution < 1.29 is 13.2 Å². The first-order valence-corrected chi connectivity index (χ1v) is 12.8. The normalized spacial score (nSPS) is 11.4. The van der Waals surface area contributed by atoms with E-state index in [-0.39, 0.29) is 22.3 Å². The summed E-state index contributed by atoms with van der Waals surface area (Å²) in [6.07, 6.45) is 1.47. The van der Waals surface area contributed by atoms with Crippen LogP contribution in [0.1, 0.15) is 0 Å². The maximum atomic E-state index is 13.4. The number of pyridine rings is 1. The molecule has 0 amide bonds. The molecule has 5 rings (SSSR count). The SMILES string of the molecule is COc1ncc(-c2ccc3nc(N)n(-c4ccccc4)c(=O)c3c2)cc1S(=O)(=O)Nc1ccc(Cl)cc1. The number of benzene rings is 3. The molecule has 186 valence electrons. The molecule has 0 aliphatic rings. The number of nitrogens with zero attached hydrogens (tertiary/aromatic N) is 3. The number of halogens is 1. The number of aromatic nitrogens is 3. The van der Waals surface area contributed by atoms with Crippen molar-refractivity contribution in [1.29, 1.82) is 0 Å². The lowest BCUT2D eigenvalue weighted by Gasteiger charge is -2.13. The molecule has 2 heterocycles. The Morgan fingerprint density at radius 1 is 0.973 bits per heavy atom. The molecule has 0 saturated carbocycles. The lowest BCUT2D eigenvalue weighted by Crippen LogP contribution is -2.23. The minimum absolute atomic E-state index is 0.0595. The second-order valence-corrected chi connectivity index (χ2v) is 10.1. The number of hydrogen-bond acceptors (Lipinski definition) is 7. The Morgan fingerprint density at radius 3 is 2.41 bits per heavy atom. The highest BCUT2D eigenvalue weighted by Gasteiger charge is 2.22. The summed E-state index contributed by atoms with van der Waals surface area (Å²) in [5, 5.41) is 0.790. The number of nitrogens with two attached hydrogens (primary N) is 1. The minimum atomic E-state index is -4.07. The maximum absolute atomic E-state index is 13.4. The molecule has 2 aromatic heterocycles. The van der Waals surface area contributed by atoms with Crippen molar-refractivity contribution >= 4 is 44.2 Å². The molecule has 5 aromatic rings. The van der Waals surface area contributed by atoms with E-state index in [1.54, 1.807) is 66.7 Å². The number of hydrogen-bond donors (Lipinski definition) is 2. The Balaban J connectivity index is 1.61. The average molecular weight is 534 g/mol. The smallest absolute Gasteiger partial charge is 0.267 e. The van der Waals surface area contributed by atoms with Gasteiger partial charge in [-0.2, -0.15) is 0 Å². The van der Waals surface area contributed by atoms with Gasteiger partial charge >= 0.3 is 0 Å². The van der Waals surface area contributed by atoms with Crippen LogP contribution in [0.2, 0.25) is 5.02 Å². The number of ether oxygens (including phenoxy) is 1. The van der Waals surface area contributed by atoms with Gasteiger partial charge in [0, 0.05) is 22.5 Å². The molecule has 0 atom stereocenters. The van der Waals surface area contributed by atoms with Crippen molar-refractivity contribution in [3.05, 3.63) is 100 Å². The van der Waals surface area contributed by atoms with E-state index in [2.05, 4.69) is 14.7 Å². The first kappa shape index (κ1) is 24.3. The summed E-state index contributed by atoms with van der Waals surface area (Å²) in [4.78, 5) is 21.8. The number of anilines is 2. The number of para-hydroxylation sites is 1. The molecule has 37 heavy (non-hydrogen) atoms. The molecule has 0 fully saturated rings.